The molecule has 0 saturated carbocycles. The molecule has 0 radical (unpaired) electrons. The van der Waals surface area contributed by atoms with Gasteiger partial charge in [-0.1, -0.05) is 22.0 Å². The average molecular weight is 415 g/mol. The Bertz CT molecular complexity index is 540. The number of aromatic hydroxyl groups is 1. The minimum Gasteiger partial charge on any atom is -0.502 e. The van der Waals surface area contributed by atoms with Crippen LogP contribution in [-0.2, 0) is 0 Å². The van der Waals surface area contributed by atoms with E-state index < -0.39 is 4.92 Å². The van der Waals surface area contributed by atoms with Crippen molar-refractivity contribution in [1.29, 1.82) is 0 Å². The summed E-state index contributed by atoms with van der Waals surface area (Å²) in [6, 6.07) is 2.77. The van der Waals surface area contributed by atoms with Crippen LogP contribution in [0.25, 0.3) is 0 Å². The Hall–Kier alpha value is -0.860. The molecule has 9 heteroatoms. The van der Waals surface area contributed by atoms with Gasteiger partial charge in [0.15, 0.2) is 5.75 Å². The van der Waals surface area contributed by atoms with Crippen LogP contribution in [0.15, 0.2) is 29.3 Å². The molecule has 0 aromatic heterocycles. The third-order valence-corrected chi connectivity index (χ3v) is 3.83. The minimum absolute atomic E-state index is 0. The number of rotatable bonds is 4. The van der Waals surface area contributed by atoms with E-state index in [1.54, 1.807) is 12.1 Å². The molecule has 124 valence electrons. The summed E-state index contributed by atoms with van der Waals surface area (Å²) in [5.74, 6) is -0.290. The fraction of sp³-hybridized carbons (Fsp3) is 0.385. The quantitative estimate of drug-likeness (QED) is 0.449. The van der Waals surface area contributed by atoms with Crippen molar-refractivity contribution in [2.24, 2.45) is 0 Å². The molecule has 0 aliphatic carbocycles. The lowest BCUT2D eigenvalue weighted by molar-refractivity contribution is -0.386. The van der Waals surface area contributed by atoms with Crippen molar-refractivity contribution in [3.05, 3.63) is 44.9 Å². The first-order chi connectivity index (χ1) is 9.54. The van der Waals surface area contributed by atoms with Gasteiger partial charge in [0.2, 0.25) is 0 Å². The summed E-state index contributed by atoms with van der Waals surface area (Å²) >= 11 is 3.26. The second-order valence-electron chi connectivity index (χ2n) is 4.59. The highest BCUT2D eigenvalue weighted by Gasteiger charge is 2.27. The molecule has 2 rings (SSSR count). The number of nitrogens with one attached hydrogen (secondary N) is 1. The summed E-state index contributed by atoms with van der Waals surface area (Å²) in [7, 11) is 0. The van der Waals surface area contributed by atoms with Crippen LogP contribution in [0.1, 0.15) is 11.6 Å². The van der Waals surface area contributed by atoms with E-state index in [0.29, 0.717) is 10.0 Å². The van der Waals surface area contributed by atoms with Gasteiger partial charge in [-0.2, -0.15) is 0 Å². The van der Waals surface area contributed by atoms with Crippen molar-refractivity contribution in [2.75, 3.05) is 26.2 Å². The van der Waals surface area contributed by atoms with Crippen LogP contribution in [0, 0.1) is 10.1 Å². The summed E-state index contributed by atoms with van der Waals surface area (Å²) in [4.78, 5) is 12.5. The molecule has 0 bridgehead atoms. The Morgan fingerprint density at radius 3 is 2.50 bits per heavy atom. The van der Waals surface area contributed by atoms with E-state index in [-0.39, 0.29) is 42.3 Å². The number of nitro benzene ring substituents is 1. The molecular weight excluding hydrogens is 397 g/mol. The number of phenols is 1. The first-order valence-corrected chi connectivity index (χ1v) is 7.08. The van der Waals surface area contributed by atoms with Crippen molar-refractivity contribution < 1.29 is 10.0 Å². The summed E-state index contributed by atoms with van der Waals surface area (Å²) in [6.45, 7) is 7.10. The Morgan fingerprint density at radius 1 is 1.41 bits per heavy atom. The standard InChI is InChI=1S/C13H16BrN3O3.2ClH/c1-2-11(16-5-3-15-4-6-16)10-7-9(14)8-12(13(10)18)17(19)20;;/h2,7-8,11,15,18H,1,3-6H2;2*1H/t11-;;/m1../s1. The maximum absolute atomic E-state index is 11.0. The van der Waals surface area contributed by atoms with Crippen LogP contribution < -0.4 is 5.32 Å². The van der Waals surface area contributed by atoms with Crippen LogP contribution in [0.5, 0.6) is 5.75 Å². The van der Waals surface area contributed by atoms with Crippen LogP contribution >= 0.6 is 40.7 Å². The minimum atomic E-state index is -0.582. The number of hydrogen-bond donors (Lipinski definition) is 2. The lowest BCUT2D eigenvalue weighted by Gasteiger charge is -2.33. The number of hydrogen-bond acceptors (Lipinski definition) is 5. The number of benzene rings is 1. The van der Waals surface area contributed by atoms with E-state index >= 15 is 0 Å². The molecule has 1 aromatic carbocycles. The van der Waals surface area contributed by atoms with E-state index in [0.717, 1.165) is 26.2 Å². The molecule has 0 unspecified atom stereocenters. The molecule has 22 heavy (non-hydrogen) atoms. The Kier molecular flexibility index (Phi) is 8.95. The van der Waals surface area contributed by atoms with Gasteiger partial charge in [-0.05, 0) is 6.07 Å². The van der Waals surface area contributed by atoms with Gasteiger partial charge in [0.05, 0.1) is 11.0 Å². The monoisotopic (exact) mass is 413 g/mol. The van der Waals surface area contributed by atoms with E-state index in [1.165, 1.54) is 6.07 Å². The molecule has 1 atom stereocenters. The van der Waals surface area contributed by atoms with Crippen molar-refractivity contribution in [2.45, 2.75) is 6.04 Å². The molecule has 2 N–H and O–H groups in total. The third-order valence-electron chi connectivity index (χ3n) is 3.37. The SMILES string of the molecule is C=C[C@H](c1cc(Br)cc([N+](=O)[O-])c1O)N1CCNCC1.Cl.Cl. The number of nitrogens with zero attached hydrogens (tertiary/aromatic N) is 2. The van der Waals surface area contributed by atoms with Crippen molar-refractivity contribution in [3.63, 3.8) is 0 Å². The van der Waals surface area contributed by atoms with Gasteiger partial charge >= 0.3 is 5.69 Å². The second kappa shape index (κ2) is 9.32. The lowest BCUT2D eigenvalue weighted by atomic mass is 10.0. The van der Waals surface area contributed by atoms with Gasteiger partial charge in [0.1, 0.15) is 0 Å². The van der Waals surface area contributed by atoms with Crippen molar-refractivity contribution >= 4 is 46.4 Å². The highest BCUT2D eigenvalue weighted by molar-refractivity contribution is 9.10. The summed E-state index contributed by atoms with van der Waals surface area (Å²) in [5, 5.41) is 24.4. The highest BCUT2D eigenvalue weighted by atomic mass is 79.9. The van der Waals surface area contributed by atoms with E-state index in [9.17, 15) is 15.2 Å². The first kappa shape index (κ1) is 21.1. The second-order valence-corrected chi connectivity index (χ2v) is 5.50. The molecule has 0 spiro atoms. The summed E-state index contributed by atoms with van der Waals surface area (Å²) < 4.78 is 0.569. The molecule has 1 saturated heterocycles. The smallest absolute Gasteiger partial charge is 0.312 e. The van der Waals surface area contributed by atoms with E-state index in [1.807, 2.05) is 0 Å². The Labute approximate surface area is 149 Å². The molecular formula is C13H18BrCl2N3O3. The molecule has 1 fully saturated rings. The first-order valence-electron chi connectivity index (χ1n) is 6.28. The molecule has 0 amide bonds. The van der Waals surface area contributed by atoms with Gasteiger partial charge in [0, 0.05) is 42.3 Å². The molecule has 1 heterocycles. The van der Waals surface area contributed by atoms with Crippen LogP contribution in [0.2, 0.25) is 0 Å². The van der Waals surface area contributed by atoms with Crippen LogP contribution in [0.3, 0.4) is 0 Å². The predicted molar refractivity (Wildman–Crippen MR) is 94.3 cm³/mol. The summed E-state index contributed by atoms with van der Waals surface area (Å²) in [5.41, 5.74) is 0.208. The van der Waals surface area contributed by atoms with Gasteiger partial charge in [0.25, 0.3) is 0 Å². The predicted octanol–water partition coefficient (Wildman–Crippen LogP) is 3.04. The largest absolute Gasteiger partial charge is 0.502 e. The lowest BCUT2D eigenvalue weighted by Crippen LogP contribution is -2.44. The molecule has 1 aliphatic heterocycles. The van der Waals surface area contributed by atoms with Gasteiger partial charge in [-0.25, -0.2) is 0 Å². The molecule has 1 aromatic rings. The number of phenolic OH excluding ortho intramolecular Hbond substituents is 1. The fourth-order valence-electron chi connectivity index (χ4n) is 2.40. The zero-order valence-corrected chi connectivity index (χ0v) is 14.9. The number of nitro groups is 1. The van der Waals surface area contributed by atoms with Crippen molar-refractivity contribution in [1.82, 2.24) is 10.2 Å². The maximum Gasteiger partial charge on any atom is 0.312 e. The highest BCUT2D eigenvalue weighted by Crippen LogP contribution is 2.39. The Morgan fingerprint density at radius 2 is 2.00 bits per heavy atom. The number of halogens is 3. The van der Waals surface area contributed by atoms with E-state index in [2.05, 4.69) is 32.7 Å². The Balaban J connectivity index is 0.00000220. The average Bonchev–Trinajstić information content (AvgIpc) is 2.44. The van der Waals surface area contributed by atoms with Crippen molar-refractivity contribution in [3.8, 4) is 5.75 Å². The van der Waals surface area contributed by atoms with Gasteiger partial charge < -0.3 is 10.4 Å². The van der Waals surface area contributed by atoms with Crippen LogP contribution in [0.4, 0.5) is 5.69 Å². The normalized spacial score (nSPS) is 16.0. The molecule has 6 nitrogen and oxygen atoms in total. The number of piperazine rings is 1. The summed E-state index contributed by atoms with van der Waals surface area (Å²) in [6.07, 6.45) is 1.70. The van der Waals surface area contributed by atoms with Crippen LogP contribution in [-0.4, -0.2) is 41.1 Å². The third kappa shape index (κ3) is 4.57. The zero-order valence-electron chi connectivity index (χ0n) is 11.7. The fourth-order valence-corrected chi connectivity index (χ4v) is 2.87. The molecule has 1 aliphatic rings. The van der Waals surface area contributed by atoms with Gasteiger partial charge in [-0.15, -0.1) is 31.4 Å². The zero-order chi connectivity index (χ0) is 14.7. The van der Waals surface area contributed by atoms with Gasteiger partial charge in [-0.3, -0.25) is 15.0 Å². The van der Waals surface area contributed by atoms with E-state index in [4.69, 9.17) is 0 Å². The maximum atomic E-state index is 11.0. The topological polar surface area (TPSA) is 78.6 Å².